The Kier molecular flexibility index (Phi) is 6.68. The molecule has 1 amide bonds. The molecule has 2 heterocycles. The SMILES string of the molecule is CC(C)(C)c1ccc(S(=O)(=O)N2CCC(C(=O)Nc3sc4c(c3C#N)CCCC4)CC2)cc1. The molecule has 0 atom stereocenters. The summed E-state index contributed by atoms with van der Waals surface area (Å²) in [5.74, 6) is -0.373. The first-order valence-electron chi connectivity index (χ1n) is 11.6. The van der Waals surface area contributed by atoms with Crippen LogP contribution < -0.4 is 5.32 Å². The number of nitrogens with zero attached hydrogens (tertiary/aromatic N) is 2. The number of thiophene rings is 1. The van der Waals surface area contributed by atoms with E-state index < -0.39 is 10.0 Å². The number of amides is 1. The summed E-state index contributed by atoms with van der Waals surface area (Å²) in [6, 6.07) is 9.38. The number of sulfonamides is 1. The summed E-state index contributed by atoms with van der Waals surface area (Å²) >= 11 is 1.52. The minimum Gasteiger partial charge on any atom is -0.316 e. The zero-order valence-corrected chi connectivity index (χ0v) is 21.1. The van der Waals surface area contributed by atoms with Gasteiger partial charge in [-0.05, 0) is 67.2 Å². The number of nitriles is 1. The Morgan fingerprint density at radius 3 is 2.36 bits per heavy atom. The lowest BCUT2D eigenvalue weighted by Crippen LogP contribution is -2.41. The largest absolute Gasteiger partial charge is 0.316 e. The lowest BCUT2D eigenvalue weighted by molar-refractivity contribution is -0.120. The monoisotopic (exact) mass is 485 g/mol. The maximum atomic E-state index is 13.1. The number of rotatable bonds is 4. The quantitative estimate of drug-likeness (QED) is 0.671. The molecule has 1 aliphatic heterocycles. The molecule has 1 saturated heterocycles. The number of carbonyl (C=O) groups is 1. The number of anilines is 1. The Bertz CT molecular complexity index is 1180. The molecule has 0 unspecified atom stereocenters. The van der Waals surface area contributed by atoms with E-state index in [0.717, 1.165) is 36.8 Å². The molecule has 2 aromatic rings. The van der Waals surface area contributed by atoms with E-state index in [9.17, 15) is 18.5 Å². The van der Waals surface area contributed by atoms with Crippen LogP contribution in [0.25, 0.3) is 0 Å². The van der Waals surface area contributed by atoms with Crippen LogP contribution in [0.2, 0.25) is 0 Å². The van der Waals surface area contributed by atoms with Crippen molar-refractivity contribution in [3.8, 4) is 6.07 Å². The summed E-state index contributed by atoms with van der Waals surface area (Å²) in [5, 5.41) is 13.3. The van der Waals surface area contributed by atoms with E-state index in [0.29, 0.717) is 41.4 Å². The van der Waals surface area contributed by atoms with Gasteiger partial charge in [-0.25, -0.2) is 8.42 Å². The Morgan fingerprint density at radius 2 is 1.76 bits per heavy atom. The molecule has 8 heteroatoms. The van der Waals surface area contributed by atoms with E-state index >= 15 is 0 Å². The van der Waals surface area contributed by atoms with Gasteiger partial charge in [-0.3, -0.25) is 4.79 Å². The number of benzene rings is 1. The third-order valence-corrected chi connectivity index (χ3v) is 9.82. The molecule has 1 aromatic carbocycles. The fourth-order valence-electron chi connectivity index (χ4n) is 4.62. The third-order valence-electron chi connectivity index (χ3n) is 6.70. The highest BCUT2D eigenvalue weighted by Gasteiger charge is 2.33. The molecule has 2 aliphatic rings. The van der Waals surface area contributed by atoms with Crippen molar-refractivity contribution in [3.63, 3.8) is 0 Å². The summed E-state index contributed by atoms with van der Waals surface area (Å²) in [7, 11) is -3.58. The molecule has 0 radical (unpaired) electrons. The summed E-state index contributed by atoms with van der Waals surface area (Å²) in [4.78, 5) is 14.4. The van der Waals surface area contributed by atoms with Gasteiger partial charge in [-0.2, -0.15) is 9.57 Å². The van der Waals surface area contributed by atoms with Crippen LogP contribution in [0.15, 0.2) is 29.2 Å². The molecule has 1 aromatic heterocycles. The highest BCUT2D eigenvalue weighted by atomic mass is 32.2. The predicted octanol–water partition coefficient (Wildman–Crippen LogP) is 4.84. The van der Waals surface area contributed by atoms with Gasteiger partial charge in [0.05, 0.1) is 10.5 Å². The number of carbonyl (C=O) groups excluding carboxylic acids is 1. The van der Waals surface area contributed by atoms with E-state index in [1.807, 2.05) is 12.1 Å². The predicted molar refractivity (Wildman–Crippen MR) is 131 cm³/mol. The first kappa shape index (κ1) is 23.9. The van der Waals surface area contributed by atoms with Crippen molar-refractivity contribution >= 4 is 32.3 Å². The maximum absolute atomic E-state index is 13.1. The van der Waals surface area contributed by atoms with Gasteiger partial charge in [0.25, 0.3) is 0 Å². The van der Waals surface area contributed by atoms with Crippen molar-refractivity contribution in [1.29, 1.82) is 5.26 Å². The molecule has 176 valence electrons. The number of fused-ring (bicyclic) bond motifs is 1. The summed E-state index contributed by atoms with van der Waals surface area (Å²) in [6.45, 7) is 6.91. The molecule has 0 bridgehead atoms. The van der Waals surface area contributed by atoms with Crippen LogP contribution in [0.5, 0.6) is 0 Å². The summed E-state index contributed by atoms with van der Waals surface area (Å²) < 4.78 is 27.7. The van der Waals surface area contributed by atoms with Crippen LogP contribution in [0, 0.1) is 17.2 Å². The number of piperidine rings is 1. The molecular weight excluding hydrogens is 454 g/mol. The lowest BCUT2D eigenvalue weighted by Gasteiger charge is -2.30. The fraction of sp³-hybridized carbons (Fsp3) is 0.520. The highest BCUT2D eigenvalue weighted by Crippen LogP contribution is 2.38. The zero-order chi connectivity index (χ0) is 23.8. The van der Waals surface area contributed by atoms with Crippen molar-refractivity contribution in [3.05, 3.63) is 45.8 Å². The molecular formula is C25H31N3O3S2. The van der Waals surface area contributed by atoms with E-state index in [2.05, 4.69) is 32.2 Å². The molecule has 0 spiro atoms. The number of aryl methyl sites for hydroxylation is 1. The second kappa shape index (κ2) is 9.21. The van der Waals surface area contributed by atoms with Gasteiger partial charge in [0.2, 0.25) is 15.9 Å². The van der Waals surface area contributed by atoms with E-state index in [4.69, 9.17) is 0 Å². The maximum Gasteiger partial charge on any atom is 0.243 e. The van der Waals surface area contributed by atoms with Crippen LogP contribution >= 0.6 is 11.3 Å². The van der Waals surface area contributed by atoms with Crippen LogP contribution in [0.1, 0.15) is 68.0 Å². The first-order chi connectivity index (χ1) is 15.6. The Morgan fingerprint density at radius 1 is 1.12 bits per heavy atom. The number of hydrogen-bond donors (Lipinski definition) is 1. The van der Waals surface area contributed by atoms with Crippen LogP contribution in [-0.4, -0.2) is 31.7 Å². The van der Waals surface area contributed by atoms with Gasteiger partial charge in [-0.15, -0.1) is 11.3 Å². The normalized spacial score (nSPS) is 17.9. The van der Waals surface area contributed by atoms with E-state index in [1.165, 1.54) is 20.5 Å². The Hall–Kier alpha value is -2.21. The van der Waals surface area contributed by atoms with Gasteiger partial charge in [0.15, 0.2) is 0 Å². The van der Waals surface area contributed by atoms with Crippen molar-refractivity contribution < 1.29 is 13.2 Å². The van der Waals surface area contributed by atoms with Gasteiger partial charge in [0.1, 0.15) is 11.1 Å². The topological polar surface area (TPSA) is 90.3 Å². The minimum absolute atomic E-state index is 0.0404. The first-order valence-corrected chi connectivity index (χ1v) is 13.8. The second-order valence-electron chi connectivity index (χ2n) is 9.97. The molecule has 1 fully saturated rings. The van der Waals surface area contributed by atoms with Crippen LogP contribution in [0.4, 0.5) is 5.00 Å². The van der Waals surface area contributed by atoms with Crippen molar-refractivity contribution in [2.75, 3.05) is 18.4 Å². The molecule has 33 heavy (non-hydrogen) atoms. The average molecular weight is 486 g/mol. The number of hydrogen-bond acceptors (Lipinski definition) is 5. The van der Waals surface area contributed by atoms with Gasteiger partial charge in [0, 0.05) is 23.9 Å². The van der Waals surface area contributed by atoms with Crippen molar-refractivity contribution in [1.82, 2.24) is 4.31 Å². The fourth-order valence-corrected chi connectivity index (χ4v) is 7.33. The standard InChI is InChI=1S/C25H31N3O3S2/c1-25(2,3)18-8-10-19(11-9-18)33(30,31)28-14-12-17(13-15-28)23(29)27-24-21(16-26)20-6-4-5-7-22(20)32-24/h8-11,17H,4-7,12-15H2,1-3H3,(H,27,29). The average Bonchev–Trinajstić information content (AvgIpc) is 3.15. The summed E-state index contributed by atoms with van der Waals surface area (Å²) in [5.41, 5.74) is 2.76. The molecule has 1 N–H and O–H groups in total. The smallest absolute Gasteiger partial charge is 0.243 e. The zero-order valence-electron chi connectivity index (χ0n) is 19.5. The van der Waals surface area contributed by atoms with Crippen LogP contribution in [-0.2, 0) is 33.1 Å². The van der Waals surface area contributed by atoms with Crippen molar-refractivity contribution in [2.45, 2.75) is 69.6 Å². The molecule has 6 nitrogen and oxygen atoms in total. The highest BCUT2D eigenvalue weighted by molar-refractivity contribution is 7.89. The Balaban J connectivity index is 1.40. The molecule has 4 rings (SSSR count). The lowest BCUT2D eigenvalue weighted by atomic mass is 9.87. The van der Waals surface area contributed by atoms with E-state index in [-0.39, 0.29) is 17.2 Å². The van der Waals surface area contributed by atoms with Gasteiger partial charge < -0.3 is 5.32 Å². The van der Waals surface area contributed by atoms with E-state index in [1.54, 1.807) is 12.1 Å². The van der Waals surface area contributed by atoms with Crippen molar-refractivity contribution in [2.24, 2.45) is 5.92 Å². The molecule has 1 aliphatic carbocycles. The molecule has 0 saturated carbocycles. The van der Waals surface area contributed by atoms with Crippen LogP contribution in [0.3, 0.4) is 0 Å². The number of nitrogens with one attached hydrogen (secondary N) is 1. The van der Waals surface area contributed by atoms with Gasteiger partial charge >= 0.3 is 0 Å². The minimum atomic E-state index is -3.58. The van der Waals surface area contributed by atoms with Gasteiger partial charge in [-0.1, -0.05) is 32.9 Å². The Labute approximate surface area is 200 Å². The summed E-state index contributed by atoms with van der Waals surface area (Å²) in [6.07, 6.45) is 5.01. The third kappa shape index (κ3) is 4.86. The second-order valence-corrected chi connectivity index (χ2v) is 13.0.